The average molecular weight is 585 g/mol. The van der Waals surface area contributed by atoms with Crippen LogP contribution in [0.1, 0.15) is 17.5 Å². The molecule has 1 unspecified atom stereocenters. The Labute approximate surface area is 217 Å². The van der Waals surface area contributed by atoms with Crippen LogP contribution >= 0.6 is 22.9 Å². The maximum Gasteiger partial charge on any atom is 0.419 e. The van der Waals surface area contributed by atoms with E-state index in [-0.39, 0.29) is 25.4 Å². The molecule has 0 aliphatic carbocycles. The summed E-state index contributed by atoms with van der Waals surface area (Å²) in [7, 11) is -2.49. The van der Waals surface area contributed by atoms with Crippen LogP contribution < -0.4 is 9.46 Å². The monoisotopic (exact) mass is 584 g/mol. The minimum absolute atomic E-state index is 0.0157. The predicted octanol–water partition coefficient (Wildman–Crippen LogP) is 6.99. The van der Waals surface area contributed by atoms with Gasteiger partial charge >= 0.3 is 12.4 Å². The largest absolute Gasteiger partial charge is 0.488 e. The first kappa shape index (κ1) is 27.6. The molecule has 1 aromatic heterocycles. The molecule has 0 bridgehead atoms. The van der Waals surface area contributed by atoms with Crippen molar-refractivity contribution in [3.8, 4) is 16.9 Å². The lowest BCUT2D eigenvalue weighted by Gasteiger charge is -2.19. The molecule has 2 aromatic carbocycles. The molecule has 200 valence electrons. The molecule has 2 heterocycles. The summed E-state index contributed by atoms with van der Waals surface area (Å²) in [4.78, 5) is 1.90. The van der Waals surface area contributed by atoms with E-state index in [1.165, 1.54) is 18.2 Å². The number of sulfonamides is 1. The lowest BCUT2D eigenvalue weighted by Crippen LogP contribution is -2.23. The molecule has 3 aromatic rings. The number of rotatable bonds is 6. The fourth-order valence-corrected chi connectivity index (χ4v) is 6.62. The van der Waals surface area contributed by atoms with E-state index >= 15 is 0 Å². The summed E-state index contributed by atoms with van der Waals surface area (Å²) in [5.41, 5.74) is -1.60. The normalized spacial score (nSPS) is 17.2. The van der Waals surface area contributed by atoms with Crippen molar-refractivity contribution in [2.45, 2.75) is 29.1 Å². The third-order valence-corrected chi connectivity index (χ3v) is 8.85. The number of anilines is 1. The molecule has 5 nitrogen and oxygen atoms in total. The van der Waals surface area contributed by atoms with Gasteiger partial charge in [0.2, 0.25) is 0 Å². The summed E-state index contributed by atoms with van der Waals surface area (Å²) in [5.74, 6) is -0.498. The number of hydrogen-bond acceptors (Lipinski definition) is 5. The van der Waals surface area contributed by atoms with Gasteiger partial charge in [-0.3, -0.25) is 4.72 Å². The molecule has 4 rings (SSSR count). The highest BCUT2D eigenvalue weighted by Gasteiger charge is 2.36. The quantitative estimate of drug-likeness (QED) is 0.317. The number of nitrogens with one attached hydrogen (secondary N) is 1. The second-order valence-corrected chi connectivity index (χ2v) is 12.0. The number of thiophene rings is 1. The Hall–Kier alpha value is -2.48. The second kappa shape index (κ2) is 10.0. The molecule has 14 heteroatoms. The molecule has 0 saturated carbocycles. The summed E-state index contributed by atoms with van der Waals surface area (Å²) >= 11 is 6.84. The first-order chi connectivity index (χ1) is 17.1. The van der Waals surface area contributed by atoms with Crippen molar-refractivity contribution >= 4 is 38.6 Å². The van der Waals surface area contributed by atoms with Gasteiger partial charge < -0.3 is 9.64 Å². The van der Waals surface area contributed by atoms with Gasteiger partial charge in [0.1, 0.15) is 20.4 Å². The van der Waals surface area contributed by atoms with Gasteiger partial charge in [-0.05, 0) is 49.4 Å². The van der Waals surface area contributed by atoms with E-state index in [1.54, 1.807) is 0 Å². The van der Waals surface area contributed by atoms with Crippen LogP contribution in [-0.4, -0.2) is 39.6 Å². The van der Waals surface area contributed by atoms with Gasteiger partial charge in [0.15, 0.2) is 0 Å². The van der Waals surface area contributed by atoms with Crippen molar-refractivity contribution in [3.63, 3.8) is 0 Å². The van der Waals surface area contributed by atoms with Crippen LogP contribution in [0.4, 0.5) is 32.0 Å². The third-order valence-electron chi connectivity index (χ3n) is 5.63. The number of hydrogen-bond donors (Lipinski definition) is 1. The van der Waals surface area contributed by atoms with E-state index in [0.717, 1.165) is 30.3 Å². The van der Waals surface area contributed by atoms with Crippen molar-refractivity contribution in [2.24, 2.45) is 0 Å². The zero-order valence-electron chi connectivity index (χ0n) is 19.0. The molecule has 0 amide bonds. The van der Waals surface area contributed by atoms with Crippen molar-refractivity contribution in [1.29, 1.82) is 0 Å². The number of halogens is 7. The molecule has 1 atom stereocenters. The molecular weight excluding hydrogens is 566 g/mol. The minimum Gasteiger partial charge on any atom is -0.488 e. The van der Waals surface area contributed by atoms with Crippen LogP contribution in [0.5, 0.6) is 5.75 Å². The van der Waals surface area contributed by atoms with Crippen molar-refractivity contribution in [2.75, 3.05) is 24.9 Å². The standard InChI is InChI=1S/C23H19ClF6N2O3S2/c1-32-9-8-16(12-32)35-19-10-15(6-7-18(19)23(28,29)30)31-37(33,34)20-11-17(21(24)36-20)13-2-4-14(5-3-13)22(25,26)27/h2-7,10-11,16,31H,8-9,12H2,1H3. The number of nitrogens with zero attached hydrogens (tertiary/aromatic N) is 1. The van der Waals surface area contributed by atoms with Crippen LogP contribution in [0.3, 0.4) is 0 Å². The van der Waals surface area contributed by atoms with Crippen molar-refractivity contribution in [3.05, 3.63) is 64.0 Å². The van der Waals surface area contributed by atoms with E-state index in [4.69, 9.17) is 16.3 Å². The fourth-order valence-electron chi connectivity index (χ4n) is 3.81. The van der Waals surface area contributed by atoms with Gasteiger partial charge in [0.25, 0.3) is 10.0 Å². The van der Waals surface area contributed by atoms with Crippen LogP contribution in [0.25, 0.3) is 11.1 Å². The summed E-state index contributed by atoms with van der Waals surface area (Å²) in [6.45, 7) is 1.08. The fraction of sp³-hybridized carbons (Fsp3) is 0.304. The number of likely N-dealkylation sites (N-methyl/N-ethyl adjacent to an activating group) is 1. The topological polar surface area (TPSA) is 58.6 Å². The Bertz CT molecular complexity index is 1390. The van der Waals surface area contributed by atoms with E-state index in [2.05, 4.69) is 4.72 Å². The van der Waals surface area contributed by atoms with Crippen LogP contribution in [0, 0.1) is 0 Å². The smallest absolute Gasteiger partial charge is 0.419 e. The number of benzene rings is 2. The summed E-state index contributed by atoms with van der Waals surface area (Å²) in [5, 5.41) is 0. The highest BCUT2D eigenvalue weighted by atomic mass is 35.5. The van der Waals surface area contributed by atoms with Gasteiger partial charge in [-0.15, -0.1) is 11.3 Å². The highest BCUT2D eigenvalue weighted by Crippen LogP contribution is 2.41. The van der Waals surface area contributed by atoms with E-state index in [1.807, 2.05) is 11.9 Å². The van der Waals surface area contributed by atoms with Crippen LogP contribution in [0.15, 0.2) is 52.7 Å². The van der Waals surface area contributed by atoms with Crippen LogP contribution in [-0.2, 0) is 22.4 Å². The maximum absolute atomic E-state index is 13.5. The lowest BCUT2D eigenvalue weighted by atomic mass is 10.1. The van der Waals surface area contributed by atoms with Crippen molar-refractivity contribution < 1.29 is 39.5 Å². The van der Waals surface area contributed by atoms with Crippen molar-refractivity contribution in [1.82, 2.24) is 4.90 Å². The molecule has 0 spiro atoms. The average Bonchev–Trinajstić information content (AvgIpc) is 3.38. The Morgan fingerprint density at radius 3 is 2.27 bits per heavy atom. The van der Waals surface area contributed by atoms with Gasteiger partial charge in [0, 0.05) is 24.7 Å². The van der Waals surface area contributed by atoms with Crippen LogP contribution in [0.2, 0.25) is 4.34 Å². The number of likely N-dealkylation sites (tertiary alicyclic amines) is 1. The zero-order valence-corrected chi connectivity index (χ0v) is 21.3. The van der Waals surface area contributed by atoms with E-state index in [9.17, 15) is 34.8 Å². The Morgan fingerprint density at radius 2 is 1.70 bits per heavy atom. The lowest BCUT2D eigenvalue weighted by molar-refractivity contribution is -0.139. The van der Waals surface area contributed by atoms with Gasteiger partial charge in [-0.1, -0.05) is 23.7 Å². The van der Waals surface area contributed by atoms with Gasteiger partial charge in [0.05, 0.1) is 16.8 Å². The Kier molecular flexibility index (Phi) is 7.45. The molecule has 1 aliphatic rings. The number of alkyl halides is 6. The summed E-state index contributed by atoms with van der Waals surface area (Å²) < 4.78 is 113. The molecule has 1 saturated heterocycles. The molecular formula is C23H19ClF6N2O3S2. The molecule has 1 N–H and O–H groups in total. The first-order valence-electron chi connectivity index (χ1n) is 10.7. The second-order valence-electron chi connectivity index (χ2n) is 8.43. The van der Waals surface area contributed by atoms with Gasteiger partial charge in [-0.25, -0.2) is 8.42 Å². The SMILES string of the molecule is CN1CCC(Oc2cc(NS(=O)(=O)c3cc(-c4ccc(C(F)(F)F)cc4)c(Cl)s3)ccc2C(F)(F)F)C1. The molecule has 1 fully saturated rings. The predicted molar refractivity (Wildman–Crippen MR) is 129 cm³/mol. The Morgan fingerprint density at radius 1 is 1.03 bits per heavy atom. The maximum atomic E-state index is 13.5. The molecule has 37 heavy (non-hydrogen) atoms. The number of ether oxygens (including phenoxy) is 1. The minimum atomic E-state index is -4.71. The zero-order chi connectivity index (χ0) is 27.2. The van der Waals surface area contributed by atoms with Gasteiger partial charge in [-0.2, -0.15) is 26.3 Å². The summed E-state index contributed by atoms with van der Waals surface area (Å²) in [6.07, 6.45) is -9.22. The molecule has 1 aliphatic heterocycles. The first-order valence-corrected chi connectivity index (χ1v) is 13.4. The van der Waals surface area contributed by atoms with E-state index < -0.39 is 45.4 Å². The summed E-state index contributed by atoms with van der Waals surface area (Å²) in [6, 6.07) is 7.91. The highest BCUT2D eigenvalue weighted by molar-refractivity contribution is 7.94. The molecule has 0 radical (unpaired) electrons. The third kappa shape index (κ3) is 6.33. The Balaban J connectivity index is 1.60. The van der Waals surface area contributed by atoms with E-state index in [0.29, 0.717) is 30.8 Å².